The van der Waals surface area contributed by atoms with Crippen LogP contribution in [0.2, 0.25) is 20.1 Å². The van der Waals surface area contributed by atoms with Crippen molar-refractivity contribution in [3.63, 3.8) is 0 Å². The highest BCUT2D eigenvalue weighted by Gasteiger charge is 2.25. The summed E-state index contributed by atoms with van der Waals surface area (Å²) in [6.45, 7) is 11.3. The second kappa shape index (κ2) is 19.4. The van der Waals surface area contributed by atoms with Crippen molar-refractivity contribution in [3.05, 3.63) is 138 Å². The Morgan fingerprint density at radius 3 is 1.96 bits per heavy atom. The molecule has 5 heterocycles. The van der Waals surface area contributed by atoms with Crippen LogP contribution in [0.3, 0.4) is 0 Å². The number of aryl methyl sites for hydroxylation is 2. The number of ether oxygens (including phenoxy) is 1. The monoisotopic (exact) mass is 830 g/mol. The molecule has 6 aromatic rings. The van der Waals surface area contributed by atoms with Gasteiger partial charge in [0.05, 0.1) is 12.7 Å². The zero-order chi connectivity index (χ0) is 37.6. The molecule has 0 amide bonds. The Labute approximate surface area is 343 Å². The van der Waals surface area contributed by atoms with Crippen molar-refractivity contribution in [2.45, 2.75) is 58.9 Å². The molecule has 2 aromatic heterocycles. The summed E-state index contributed by atoms with van der Waals surface area (Å²) in [6.07, 6.45) is 1.83. The molecule has 0 spiro atoms. The molecule has 288 valence electrons. The van der Waals surface area contributed by atoms with E-state index < -0.39 is 6.10 Å². The van der Waals surface area contributed by atoms with Crippen molar-refractivity contribution < 1.29 is 14.9 Å². The molecule has 1 fully saturated rings. The highest BCUT2D eigenvalue weighted by atomic mass is 35.5. The van der Waals surface area contributed by atoms with Crippen molar-refractivity contribution in [1.82, 2.24) is 20.2 Å². The average Bonchev–Trinajstić information content (AvgIpc) is 3.83. The third-order valence-electron chi connectivity index (χ3n) is 9.66. The molecule has 3 aliphatic heterocycles. The number of rotatable bonds is 4. The molecule has 1 saturated heterocycles. The van der Waals surface area contributed by atoms with Crippen LogP contribution in [0.1, 0.15) is 63.9 Å². The van der Waals surface area contributed by atoms with E-state index in [-0.39, 0.29) is 19.0 Å². The van der Waals surface area contributed by atoms with Gasteiger partial charge in [0.25, 0.3) is 0 Å². The lowest BCUT2D eigenvalue weighted by Gasteiger charge is -2.29. The molecule has 0 saturated carbocycles. The summed E-state index contributed by atoms with van der Waals surface area (Å²) in [4.78, 5) is 9.33. The fourth-order valence-corrected chi connectivity index (χ4v) is 8.04. The maximum absolute atomic E-state index is 10.5. The molecule has 7 nitrogen and oxygen atoms in total. The molecule has 3 aliphatic rings. The van der Waals surface area contributed by atoms with Crippen molar-refractivity contribution in [2.75, 3.05) is 32.8 Å². The SMILES string of the molecule is CCO.Cc1cc(Cl)cc2c3c([nH]c12)CN(CC(O)c1cccc(Cl)c1)CC3.Cc1cc(Cl)cc2c3c([nH]c12)CNCC3.Cl.Clc1cccc(C2CO2)c1. The maximum atomic E-state index is 10.5. The average molecular weight is 833 g/mol. The van der Waals surface area contributed by atoms with E-state index in [9.17, 15) is 5.11 Å². The summed E-state index contributed by atoms with van der Waals surface area (Å²) in [5, 5.41) is 27.1. The molecule has 2 atom stereocenters. The van der Waals surface area contributed by atoms with Crippen LogP contribution in [0.15, 0.2) is 72.8 Å². The van der Waals surface area contributed by atoms with Crippen LogP contribution < -0.4 is 5.32 Å². The van der Waals surface area contributed by atoms with E-state index in [1.54, 1.807) is 6.92 Å². The van der Waals surface area contributed by atoms with E-state index in [0.717, 1.165) is 66.3 Å². The maximum Gasteiger partial charge on any atom is 0.106 e. The van der Waals surface area contributed by atoms with Crippen LogP contribution in [0.4, 0.5) is 0 Å². The van der Waals surface area contributed by atoms with Crippen LogP contribution in [-0.2, 0) is 30.7 Å². The van der Waals surface area contributed by atoms with Crippen LogP contribution in [-0.4, -0.2) is 57.9 Å². The van der Waals surface area contributed by atoms with Gasteiger partial charge in [0, 0.05) is 86.1 Å². The summed E-state index contributed by atoms with van der Waals surface area (Å²) in [5.41, 5.74) is 12.2. The number of aromatic nitrogens is 2. The van der Waals surface area contributed by atoms with Crippen molar-refractivity contribution >= 4 is 80.6 Å². The number of hydrogen-bond donors (Lipinski definition) is 5. The summed E-state index contributed by atoms with van der Waals surface area (Å²) in [7, 11) is 0. The van der Waals surface area contributed by atoms with Gasteiger partial charge in [-0.25, -0.2) is 0 Å². The predicted molar refractivity (Wildman–Crippen MR) is 227 cm³/mol. The number of H-pyrrole nitrogens is 2. The van der Waals surface area contributed by atoms with Gasteiger partial charge in [0.15, 0.2) is 0 Å². The number of halogens is 5. The number of nitrogens with one attached hydrogen (secondary N) is 3. The van der Waals surface area contributed by atoms with Gasteiger partial charge >= 0.3 is 0 Å². The summed E-state index contributed by atoms with van der Waals surface area (Å²) < 4.78 is 5.09. The first kappa shape index (κ1) is 42.4. The Bertz CT molecular complexity index is 2180. The number of hydrogen-bond acceptors (Lipinski definition) is 5. The number of nitrogens with zero attached hydrogens (tertiary/aromatic N) is 1. The van der Waals surface area contributed by atoms with Crippen LogP contribution in [0.25, 0.3) is 21.8 Å². The van der Waals surface area contributed by atoms with E-state index in [4.69, 9.17) is 56.2 Å². The highest BCUT2D eigenvalue weighted by Crippen LogP contribution is 2.34. The van der Waals surface area contributed by atoms with Gasteiger partial charge in [0.1, 0.15) is 6.10 Å². The van der Waals surface area contributed by atoms with E-state index in [0.29, 0.717) is 17.7 Å². The minimum atomic E-state index is -0.541. The number of aliphatic hydroxyl groups excluding tert-OH is 2. The zero-order valence-corrected chi connectivity index (χ0v) is 34.5. The van der Waals surface area contributed by atoms with E-state index in [1.165, 1.54) is 61.0 Å². The zero-order valence-electron chi connectivity index (χ0n) is 30.6. The summed E-state index contributed by atoms with van der Waals surface area (Å²) in [5.74, 6) is 0. The quantitative estimate of drug-likeness (QED) is 0.114. The molecule has 0 bridgehead atoms. The van der Waals surface area contributed by atoms with Gasteiger partial charge in [-0.05, 0) is 122 Å². The van der Waals surface area contributed by atoms with E-state index in [1.807, 2.05) is 60.7 Å². The molecule has 0 aliphatic carbocycles. The minimum absolute atomic E-state index is 0. The van der Waals surface area contributed by atoms with Gasteiger partial charge in [0.2, 0.25) is 0 Å². The first-order chi connectivity index (χ1) is 25.5. The Morgan fingerprint density at radius 1 is 0.796 bits per heavy atom. The normalized spacial score (nSPS) is 16.4. The second-order valence-corrected chi connectivity index (χ2v) is 15.4. The number of epoxide rings is 1. The molecular formula is C42H47Cl5N4O3. The predicted octanol–water partition coefficient (Wildman–Crippen LogP) is 10.5. The van der Waals surface area contributed by atoms with Crippen molar-refractivity contribution in [2.24, 2.45) is 0 Å². The first-order valence-electron chi connectivity index (χ1n) is 18.0. The number of aromatic amines is 2. The number of benzene rings is 4. The van der Waals surface area contributed by atoms with Crippen LogP contribution >= 0.6 is 58.8 Å². The van der Waals surface area contributed by atoms with Gasteiger partial charge in [-0.15, -0.1) is 12.4 Å². The van der Waals surface area contributed by atoms with Crippen LogP contribution in [0, 0.1) is 13.8 Å². The number of fused-ring (bicyclic) bond motifs is 6. The van der Waals surface area contributed by atoms with Gasteiger partial charge in [-0.2, -0.15) is 0 Å². The smallest absolute Gasteiger partial charge is 0.106 e. The molecule has 54 heavy (non-hydrogen) atoms. The Kier molecular flexibility index (Phi) is 15.2. The van der Waals surface area contributed by atoms with E-state index >= 15 is 0 Å². The largest absolute Gasteiger partial charge is 0.397 e. The molecule has 12 heteroatoms. The Morgan fingerprint density at radius 2 is 1.37 bits per heavy atom. The number of β-amino-alcohol motifs (C(OH)–C–C–N with tert-alkyl or cyclic N) is 1. The van der Waals surface area contributed by atoms with Gasteiger partial charge < -0.3 is 30.2 Å². The summed E-state index contributed by atoms with van der Waals surface area (Å²) in [6, 6.07) is 23.4. The fourth-order valence-electron chi connectivity index (χ4n) is 7.10. The molecular weight excluding hydrogens is 786 g/mol. The van der Waals surface area contributed by atoms with Crippen LogP contribution in [0.5, 0.6) is 0 Å². The highest BCUT2D eigenvalue weighted by molar-refractivity contribution is 6.32. The lowest BCUT2D eigenvalue weighted by Crippen LogP contribution is -2.33. The van der Waals surface area contributed by atoms with Crippen molar-refractivity contribution in [3.8, 4) is 0 Å². The molecule has 0 radical (unpaired) electrons. The van der Waals surface area contributed by atoms with Crippen molar-refractivity contribution in [1.29, 1.82) is 0 Å². The Hall–Kier alpha value is -2.79. The van der Waals surface area contributed by atoms with E-state index in [2.05, 4.69) is 46.2 Å². The Balaban J connectivity index is 0.000000163. The van der Waals surface area contributed by atoms with Gasteiger partial charge in [-0.1, -0.05) is 70.7 Å². The standard InChI is InChI=1S/C20H20Cl2N2O.C12H13ClN2.C8H7ClO.C2H6O.ClH/c1-12-7-15(22)9-17-16-5-6-24(10-18(16)23-20(12)17)11-19(25)13-3-2-4-14(21)8-13;1-7-4-8(13)5-10-9-2-3-14-6-11(9)15-12(7)10;9-7-3-1-2-6(4-7)8-5-10-8;1-2-3;/h2-4,7-9,19,23,25H,5-6,10-11H2,1H3;4-5,14-15H,2-3,6H2,1H3;1-4,8H,5H2;3H,2H2,1H3;1H. The second-order valence-electron chi connectivity index (χ2n) is 13.6. The fraction of sp³-hybridized carbons (Fsp3) is 0.333. The summed E-state index contributed by atoms with van der Waals surface area (Å²) >= 11 is 24.1. The lowest BCUT2D eigenvalue weighted by molar-refractivity contribution is 0.105. The molecule has 5 N–H and O–H groups in total. The first-order valence-corrected chi connectivity index (χ1v) is 19.5. The lowest BCUT2D eigenvalue weighted by atomic mass is 10.0. The topological polar surface area (TPSA) is 99.8 Å². The van der Waals surface area contributed by atoms with Gasteiger partial charge in [-0.3, -0.25) is 4.90 Å². The third-order valence-corrected chi connectivity index (χ3v) is 10.6. The molecule has 4 aromatic carbocycles. The number of aliphatic hydroxyl groups is 2. The molecule has 2 unspecified atom stereocenters. The molecule has 9 rings (SSSR count). The third kappa shape index (κ3) is 10.5. The minimum Gasteiger partial charge on any atom is -0.397 e.